The number of carbonyl (C=O) groups is 2. The van der Waals surface area contributed by atoms with Gasteiger partial charge in [-0.15, -0.1) is 0 Å². The largest absolute Gasteiger partial charge is 0.352 e. The van der Waals surface area contributed by atoms with Crippen LogP contribution in [0, 0.1) is 0 Å². The summed E-state index contributed by atoms with van der Waals surface area (Å²) in [5.41, 5.74) is 0.570. The molecule has 1 aromatic rings. The molecule has 1 heterocycles. The van der Waals surface area contributed by atoms with Crippen LogP contribution in [-0.2, 0) is 4.79 Å². The summed E-state index contributed by atoms with van der Waals surface area (Å²) in [4.78, 5) is 23.8. The first-order chi connectivity index (χ1) is 11.1. The van der Waals surface area contributed by atoms with Gasteiger partial charge in [0.1, 0.15) is 0 Å². The van der Waals surface area contributed by atoms with Crippen molar-refractivity contribution in [3.8, 4) is 0 Å². The van der Waals surface area contributed by atoms with E-state index in [1.165, 1.54) is 0 Å². The predicted molar refractivity (Wildman–Crippen MR) is 91.6 cm³/mol. The van der Waals surface area contributed by atoms with Gasteiger partial charge in [-0.05, 0) is 57.0 Å². The van der Waals surface area contributed by atoms with E-state index in [1.807, 2.05) is 0 Å². The zero-order valence-electron chi connectivity index (χ0n) is 13.4. The molecule has 0 bridgehead atoms. The molecule has 0 saturated carbocycles. The molecule has 126 valence electrons. The van der Waals surface area contributed by atoms with E-state index in [-0.39, 0.29) is 17.9 Å². The van der Waals surface area contributed by atoms with Crippen LogP contribution in [0.25, 0.3) is 0 Å². The molecule has 2 amide bonds. The van der Waals surface area contributed by atoms with Gasteiger partial charge in [0.15, 0.2) is 0 Å². The summed E-state index contributed by atoms with van der Waals surface area (Å²) in [5, 5.41) is 9.84. The molecule has 3 N–H and O–H groups in total. The number of rotatable bonds is 6. The van der Waals surface area contributed by atoms with E-state index >= 15 is 0 Å². The monoisotopic (exact) mass is 337 g/mol. The zero-order valence-corrected chi connectivity index (χ0v) is 14.2. The lowest BCUT2D eigenvalue weighted by atomic mass is 10.00. The standard InChI is InChI=1S/C17H24ClN3O2/c1-12-15(4-2-10-19-12)21-16(22)5-3-11-20-17(23)13-6-8-14(18)9-7-13/h6-9,12,15,19H,2-5,10-11H2,1H3,(H,20,23)(H,21,22). The normalized spacial score (nSPS) is 20.8. The van der Waals surface area contributed by atoms with Gasteiger partial charge >= 0.3 is 0 Å². The third kappa shape index (κ3) is 5.84. The van der Waals surface area contributed by atoms with Crippen molar-refractivity contribution in [3.63, 3.8) is 0 Å². The Kier molecular flexibility index (Phi) is 6.86. The van der Waals surface area contributed by atoms with Crippen molar-refractivity contribution < 1.29 is 9.59 Å². The van der Waals surface area contributed by atoms with Gasteiger partial charge in [-0.3, -0.25) is 9.59 Å². The lowest BCUT2D eigenvalue weighted by Gasteiger charge is -2.30. The van der Waals surface area contributed by atoms with Gasteiger partial charge in [-0.25, -0.2) is 0 Å². The van der Waals surface area contributed by atoms with E-state index in [4.69, 9.17) is 11.6 Å². The molecule has 0 radical (unpaired) electrons. The molecule has 6 heteroatoms. The molecule has 1 fully saturated rings. The Hall–Kier alpha value is -1.59. The lowest BCUT2D eigenvalue weighted by molar-refractivity contribution is -0.122. The Labute approximate surface area is 142 Å². The summed E-state index contributed by atoms with van der Waals surface area (Å²) in [7, 11) is 0. The predicted octanol–water partition coefficient (Wildman–Crippen LogP) is 2.11. The minimum atomic E-state index is -0.146. The van der Waals surface area contributed by atoms with Crippen molar-refractivity contribution in [2.75, 3.05) is 13.1 Å². The van der Waals surface area contributed by atoms with Gasteiger partial charge in [-0.2, -0.15) is 0 Å². The van der Waals surface area contributed by atoms with Gasteiger partial charge in [0, 0.05) is 35.6 Å². The van der Waals surface area contributed by atoms with Crippen LogP contribution in [0.4, 0.5) is 0 Å². The second-order valence-corrected chi connectivity index (χ2v) is 6.36. The van der Waals surface area contributed by atoms with Crippen molar-refractivity contribution in [1.29, 1.82) is 0 Å². The fourth-order valence-electron chi connectivity index (χ4n) is 2.67. The second kappa shape index (κ2) is 8.89. The van der Waals surface area contributed by atoms with E-state index in [9.17, 15) is 9.59 Å². The van der Waals surface area contributed by atoms with Gasteiger partial charge in [0.2, 0.25) is 5.91 Å². The SMILES string of the molecule is CC1NCCCC1NC(=O)CCCNC(=O)c1ccc(Cl)cc1. The molecule has 1 aliphatic rings. The number of halogens is 1. The Bertz CT molecular complexity index is 533. The zero-order chi connectivity index (χ0) is 16.7. The van der Waals surface area contributed by atoms with Crippen LogP contribution < -0.4 is 16.0 Å². The highest BCUT2D eigenvalue weighted by molar-refractivity contribution is 6.30. The van der Waals surface area contributed by atoms with Crippen LogP contribution in [-0.4, -0.2) is 37.0 Å². The van der Waals surface area contributed by atoms with Crippen LogP contribution in [0.1, 0.15) is 43.0 Å². The molecule has 23 heavy (non-hydrogen) atoms. The highest BCUT2D eigenvalue weighted by Crippen LogP contribution is 2.10. The number of hydrogen-bond donors (Lipinski definition) is 3. The van der Waals surface area contributed by atoms with E-state index in [2.05, 4.69) is 22.9 Å². The first-order valence-electron chi connectivity index (χ1n) is 8.13. The molecular weight excluding hydrogens is 314 g/mol. The average Bonchev–Trinajstić information content (AvgIpc) is 2.54. The highest BCUT2D eigenvalue weighted by atomic mass is 35.5. The smallest absolute Gasteiger partial charge is 0.251 e. The molecule has 1 saturated heterocycles. The van der Waals surface area contributed by atoms with Crippen molar-refractivity contribution in [1.82, 2.24) is 16.0 Å². The maximum absolute atomic E-state index is 11.9. The summed E-state index contributed by atoms with van der Waals surface area (Å²) in [6, 6.07) is 7.26. The molecule has 5 nitrogen and oxygen atoms in total. The van der Waals surface area contributed by atoms with Crippen molar-refractivity contribution in [3.05, 3.63) is 34.9 Å². The molecule has 2 rings (SSSR count). The number of nitrogens with one attached hydrogen (secondary N) is 3. The van der Waals surface area contributed by atoms with Crippen molar-refractivity contribution in [2.24, 2.45) is 0 Å². The summed E-state index contributed by atoms with van der Waals surface area (Å²) in [6.45, 7) is 3.59. The fourth-order valence-corrected chi connectivity index (χ4v) is 2.80. The lowest BCUT2D eigenvalue weighted by Crippen LogP contribution is -2.51. The van der Waals surface area contributed by atoms with Gasteiger partial charge < -0.3 is 16.0 Å². The molecule has 1 aliphatic heterocycles. The summed E-state index contributed by atoms with van der Waals surface area (Å²) >= 11 is 5.79. The molecule has 1 aromatic carbocycles. The fraction of sp³-hybridized carbons (Fsp3) is 0.529. The third-order valence-corrected chi connectivity index (χ3v) is 4.33. The maximum Gasteiger partial charge on any atom is 0.251 e. The molecule has 2 atom stereocenters. The number of amides is 2. The molecule has 0 aliphatic carbocycles. The Morgan fingerprint density at radius 3 is 2.74 bits per heavy atom. The number of hydrogen-bond acceptors (Lipinski definition) is 3. The first kappa shape index (κ1) is 17.8. The number of piperidine rings is 1. The summed E-state index contributed by atoms with van der Waals surface area (Å²) < 4.78 is 0. The van der Waals surface area contributed by atoms with Crippen molar-refractivity contribution >= 4 is 23.4 Å². The maximum atomic E-state index is 11.9. The Balaban J connectivity index is 1.63. The van der Waals surface area contributed by atoms with Gasteiger partial charge in [0.05, 0.1) is 0 Å². The molecule has 0 spiro atoms. The molecule has 2 unspecified atom stereocenters. The van der Waals surface area contributed by atoms with E-state index < -0.39 is 0 Å². The summed E-state index contributed by atoms with van der Waals surface area (Å²) in [5.74, 6) is -0.0986. The first-order valence-corrected chi connectivity index (χ1v) is 8.50. The molecular formula is C17H24ClN3O2. The quantitative estimate of drug-likeness (QED) is 0.696. The average molecular weight is 338 g/mol. The number of carbonyl (C=O) groups excluding carboxylic acids is 2. The van der Waals surface area contributed by atoms with Crippen LogP contribution >= 0.6 is 11.6 Å². The van der Waals surface area contributed by atoms with Crippen LogP contribution in [0.3, 0.4) is 0 Å². The van der Waals surface area contributed by atoms with Gasteiger partial charge in [0.25, 0.3) is 5.91 Å². The van der Waals surface area contributed by atoms with E-state index in [1.54, 1.807) is 24.3 Å². The third-order valence-electron chi connectivity index (χ3n) is 4.08. The Morgan fingerprint density at radius 2 is 2.04 bits per heavy atom. The van der Waals surface area contributed by atoms with Crippen LogP contribution in [0.2, 0.25) is 5.02 Å². The summed E-state index contributed by atoms with van der Waals surface area (Å²) in [6.07, 6.45) is 3.16. The topological polar surface area (TPSA) is 70.2 Å². The van der Waals surface area contributed by atoms with Crippen LogP contribution in [0.15, 0.2) is 24.3 Å². The molecule has 0 aromatic heterocycles. The van der Waals surface area contributed by atoms with Crippen molar-refractivity contribution in [2.45, 2.75) is 44.7 Å². The van der Waals surface area contributed by atoms with Gasteiger partial charge in [-0.1, -0.05) is 11.6 Å². The van der Waals surface area contributed by atoms with Crippen LogP contribution in [0.5, 0.6) is 0 Å². The number of benzene rings is 1. The second-order valence-electron chi connectivity index (χ2n) is 5.93. The highest BCUT2D eigenvalue weighted by Gasteiger charge is 2.21. The minimum absolute atomic E-state index is 0.0475. The minimum Gasteiger partial charge on any atom is -0.352 e. The van der Waals surface area contributed by atoms with E-state index in [0.717, 1.165) is 19.4 Å². The Morgan fingerprint density at radius 1 is 1.30 bits per heavy atom. The van der Waals surface area contributed by atoms with E-state index in [0.29, 0.717) is 36.0 Å².